The number of benzene rings is 2. The van der Waals surface area contributed by atoms with Crippen LogP contribution in [0.3, 0.4) is 0 Å². The number of carbonyl (C=O) groups is 1. The first-order valence-electron chi connectivity index (χ1n) is 6.18. The van der Waals surface area contributed by atoms with Crippen LogP contribution in [0.4, 0.5) is 0 Å². The van der Waals surface area contributed by atoms with Crippen molar-refractivity contribution in [3.05, 3.63) is 42.5 Å². The maximum atomic E-state index is 12.3. The van der Waals surface area contributed by atoms with Gasteiger partial charge in [0.1, 0.15) is 6.04 Å². The number of nitrogens with one attached hydrogen (secondary N) is 1. The van der Waals surface area contributed by atoms with Gasteiger partial charge in [-0.05, 0) is 17.9 Å². The number of rotatable bonds is 5. The lowest BCUT2D eigenvalue weighted by Gasteiger charge is -2.14. The van der Waals surface area contributed by atoms with Gasteiger partial charge in [0, 0.05) is 5.39 Å². The van der Waals surface area contributed by atoms with Gasteiger partial charge < -0.3 is 5.11 Å². The van der Waals surface area contributed by atoms with Crippen LogP contribution < -0.4 is 4.72 Å². The fourth-order valence-corrected chi connectivity index (χ4v) is 3.49. The number of hydrogen-bond acceptors (Lipinski definition) is 3. The molecule has 0 unspecified atom stereocenters. The third kappa shape index (κ3) is 2.81. The number of aliphatic carboxylic acids is 1. The Morgan fingerprint density at radius 3 is 2.50 bits per heavy atom. The Labute approximate surface area is 117 Å². The largest absolute Gasteiger partial charge is 0.480 e. The number of fused-ring (bicyclic) bond motifs is 1. The van der Waals surface area contributed by atoms with Gasteiger partial charge in [-0.1, -0.05) is 43.3 Å². The first-order valence-corrected chi connectivity index (χ1v) is 7.67. The highest BCUT2D eigenvalue weighted by atomic mass is 32.2. The summed E-state index contributed by atoms with van der Waals surface area (Å²) >= 11 is 0. The second-order valence-electron chi connectivity index (χ2n) is 4.40. The first kappa shape index (κ1) is 14.5. The van der Waals surface area contributed by atoms with E-state index < -0.39 is 22.0 Å². The highest BCUT2D eigenvalue weighted by Crippen LogP contribution is 2.22. The van der Waals surface area contributed by atoms with Crippen LogP contribution in [0, 0.1) is 0 Å². The fraction of sp³-hybridized carbons (Fsp3) is 0.214. The van der Waals surface area contributed by atoms with Crippen LogP contribution >= 0.6 is 0 Å². The summed E-state index contributed by atoms with van der Waals surface area (Å²) in [5.41, 5.74) is 0. The average Bonchev–Trinajstić information content (AvgIpc) is 2.43. The molecule has 2 N–H and O–H groups in total. The molecule has 0 bridgehead atoms. The smallest absolute Gasteiger partial charge is 0.321 e. The maximum absolute atomic E-state index is 12.3. The van der Waals surface area contributed by atoms with E-state index in [1.165, 1.54) is 6.07 Å². The summed E-state index contributed by atoms with van der Waals surface area (Å²) in [5.74, 6) is -1.18. The summed E-state index contributed by atoms with van der Waals surface area (Å²) in [6.45, 7) is 1.62. The quantitative estimate of drug-likeness (QED) is 0.883. The molecule has 1 atom stereocenters. The van der Waals surface area contributed by atoms with Crippen LogP contribution in [0.2, 0.25) is 0 Å². The molecule has 20 heavy (non-hydrogen) atoms. The second kappa shape index (κ2) is 5.60. The van der Waals surface area contributed by atoms with E-state index in [-0.39, 0.29) is 11.3 Å². The van der Waals surface area contributed by atoms with Gasteiger partial charge in [-0.25, -0.2) is 8.42 Å². The van der Waals surface area contributed by atoms with E-state index in [0.29, 0.717) is 5.39 Å². The molecule has 2 rings (SSSR count). The van der Waals surface area contributed by atoms with Gasteiger partial charge in [0.2, 0.25) is 10.0 Å². The van der Waals surface area contributed by atoms with Gasteiger partial charge in [0.25, 0.3) is 0 Å². The van der Waals surface area contributed by atoms with E-state index in [1.54, 1.807) is 25.1 Å². The van der Waals surface area contributed by atoms with E-state index in [2.05, 4.69) is 4.72 Å². The Bertz CT molecular complexity index is 734. The molecule has 0 aliphatic heterocycles. The van der Waals surface area contributed by atoms with Crippen LogP contribution in [0.15, 0.2) is 47.4 Å². The van der Waals surface area contributed by atoms with Crippen molar-refractivity contribution in [1.82, 2.24) is 4.72 Å². The Morgan fingerprint density at radius 1 is 1.20 bits per heavy atom. The number of carboxylic acids is 1. The zero-order valence-electron chi connectivity index (χ0n) is 10.9. The van der Waals surface area contributed by atoms with E-state index in [4.69, 9.17) is 5.11 Å². The van der Waals surface area contributed by atoms with Crippen molar-refractivity contribution in [3.8, 4) is 0 Å². The Hall–Kier alpha value is -1.92. The summed E-state index contributed by atoms with van der Waals surface area (Å²) < 4.78 is 26.9. The van der Waals surface area contributed by atoms with Crippen molar-refractivity contribution < 1.29 is 18.3 Å². The summed E-state index contributed by atoms with van der Waals surface area (Å²) in [7, 11) is -3.87. The summed E-state index contributed by atoms with van der Waals surface area (Å²) in [6.07, 6.45) is 0.180. The molecule has 106 valence electrons. The number of sulfonamides is 1. The molecular weight excluding hydrogens is 278 g/mol. The highest BCUT2D eigenvalue weighted by molar-refractivity contribution is 7.89. The zero-order valence-corrected chi connectivity index (χ0v) is 11.7. The second-order valence-corrected chi connectivity index (χ2v) is 6.08. The predicted octanol–water partition coefficient (Wildman–Crippen LogP) is 1.98. The van der Waals surface area contributed by atoms with Gasteiger partial charge in [-0.3, -0.25) is 4.79 Å². The summed E-state index contributed by atoms with van der Waals surface area (Å²) in [6, 6.07) is 10.9. The normalized spacial score (nSPS) is 13.2. The van der Waals surface area contributed by atoms with Crippen molar-refractivity contribution in [1.29, 1.82) is 0 Å². The molecule has 0 aliphatic rings. The standard InChI is InChI=1S/C14H15NO4S/c1-2-12(14(16)17)15-20(18,19)13-9-5-7-10-6-3-4-8-11(10)13/h3-9,12,15H,2H2,1H3,(H,16,17)/t12-/m0/s1. The molecule has 0 fully saturated rings. The SMILES string of the molecule is CC[C@H](NS(=O)(=O)c1cccc2ccccc12)C(=O)O. The average molecular weight is 293 g/mol. The number of hydrogen-bond donors (Lipinski definition) is 2. The van der Waals surface area contributed by atoms with Gasteiger partial charge in [0.15, 0.2) is 0 Å². The van der Waals surface area contributed by atoms with Crippen molar-refractivity contribution in [3.63, 3.8) is 0 Å². The minimum absolute atomic E-state index is 0.0929. The topological polar surface area (TPSA) is 83.5 Å². The van der Waals surface area contributed by atoms with E-state index in [1.807, 2.05) is 18.2 Å². The third-order valence-electron chi connectivity index (χ3n) is 3.04. The molecule has 5 nitrogen and oxygen atoms in total. The Morgan fingerprint density at radius 2 is 1.85 bits per heavy atom. The molecule has 0 radical (unpaired) electrons. The summed E-state index contributed by atoms with van der Waals surface area (Å²) in [5, 5.41) is 10.3. The van der Waals surface area contributed by atoms with Crippen molar-refractivity contribution in [2.75, 3.05) is 0 Å². The lowest BCUT2D eigenvalue weighted by Crippen LogP contribution is -2.40. The van der Waals surface area contributed by atoms with Crippen LogP contribution in [-0.2, 0) is 14.8 Å². The molecule has 0 aromatic heterocycles. The fourth-order valence-electron chi connectivity index (χ4n) is 1.99. The van der Waals surface area contributed by atoms with Crippen LogP contribution in [0.5, 0.6) is 0 Å². The van der Waals surface area contributed by atoms with E-state index in [9.17, 15) is 13.2 Å². The van der Waals surface area contributed by atoms with Gasteiger partial charge >= 0.3 is 5.97 Å². The van der Waals surface area contributed by atoms with E-state index in [0.717, 1.165) is 5.39 Å². The monoisotopic (exact) mass is 293 g/mol. The van der Waals surface area contributed by atoms with Crippen molar-refractivity contribution >= 4 is 26.8 Å². The first-order chi connectivity index (χ1) is 9.45. The molecule has 0 saturated heterocycles. The molecule has 0 amide bonds. The zero-order chi connectivity index (χ0) is 14.8. The molecule has 0 heterocycles. The van der Waals surface area contributed by atoms with E-state index >= 15 is 0 Å². The minimum Gasteiger partial charge on any atom is -0.480 e. The Balaban J connectivity index is 2.50. The lowest BCUT2D eigenvalue weighted by atomic mass is 10.1. The van der Waals surface area contributed by atoms with Crippen LogP contribution in [0.25, 0.3) is 10.8 Å². The van der Waals surface area contributed by atoms with Gasteiger partial charge in [-0.15, -0.1) is 0 Å². The van der Waals surface area contributed by atoms with Gasteiger partial charge in [-0.2, -0.15) is 4.72 Å². The van der Waals surface area contributed by atoms with Crippen LogP contribution in [0.1, 0.15) is 13.3 Å². The van der Waals surface area contributed by atoms with Crippen molar-refractivity contribution in [2.45, 2.75) is 24.3 Å². The summed E-state index contributed by atoms with van der Waals surface area (Å²) in [4.78, 5) is 11.1. The predicted molar refractivity (Wildman–Crippen MR) is 76.0 cm³/mol. The maximum Gasteiger partial charge on any atom is 0.321 e. The molecule has 0 spiro atoms. The van der Waals surface area contributed by atoms with Crippen molar-refractivity contribution in [2.24, 2.45) is 0 Å². The highest BCUT2D eigenvalue weighted by Gasteiger charge is 2.24. The number of carboxylic acid groups (broad SMARTS) is 1. The molecular formula is C14H15NO4S. The molecule has 2 aromatic carbocycles. The lowest BCUT2D eigenvalue weighted by molar-refractivity contribution is -0.139. The third-order valence-corrected chi connectivity index (χ3v) is 4.57. The van der Waals surface area contributed by atoms with Crippen LogP contribution in [-0.4, -0.2) is 25.5 Å². The molecule has 2 aromatic rings. The molecule has 0 aliphatic carbocycles. The molecule has 6 heteroatoms. The minimum atomic E-state index is -3.87. The Kier molecular flexibility index (Phi) is 4.06. The molecule has 0 saturated carbocycles. The van der Waals surface area contributed by atoms with Gasteiger partial charge in [0.05, 0.1) is 4.90 Å².